The fourth-order valence-electron chi connectivity index (χ4n) is 3.46. The van der Waals surface area contributed by atoms with Crippen molar-refractivity contribution in [1.29, 1.82) is 0 Å². The van der Waals surface area contributed by atoms with E-state index < -0.39 is 17.8 Å². The summed E-state index contributed by atoms with van der Waals surface area (Å²) in [4.78, 5) is 29.3. The van der Waals surface area contributed by atoms with Gasteiger partial charge < -0.3 is 24.4 Å². The number of benzene rings is 1. The monoisotopic (exact) mass is 496 g/mol. The molecule has 0 spiro atoms. The number of carbonyl (C=O) groups excluding carboxylic acids is 2. The first kappa shape index (κ1) is 28.2. The van der Waals surface area contributed by atoms with Crippen molar-refractivity contribution in [1.82, 2.24) is 14.4 Å². The lowest BCUT2D eigenvalue weighted by atomic mass is 10.2. The Morgan fingerprint density at radius 3 is 2.29 bits per heavy atom. The number of alkyl halides is 3. The summed E-state index contributed by atoms with van der Waals surface area (Å²) in [6.07, 6.45) is -0.272. The van der Waals surface area contributed by atoms with E-state index in [-0.39, 0.29) is 24.7 Å². The van der Waals surface area contributed by atoms with Crippen molar-refractivity contribution in [3.8, 4) is 0 Å². The molecular formula is C25H35F3N4O3. The van der Waals surface area contributed by atoms with Gasteiger partial charge in [0.05, 0.1) is 12.1 Å². The molecule has 0 unspecified atom stereocenters. The van der Waals surface area contributed by atoms with E-state index in [1.807, 2.05) is 43.8 Å². The Bertz CT molecular complexity index is 929. The van der Waals surface area contributed by atoms with Crippen molar-refractivity contribution in [3.05, 3.63) is 53.9 Å². The number of hydrogen-bond donors (Lipinski definition) is 1. The summed E-state index contributed by atoms with van der Waals surface area (Å²) in [5.74, 6) is -0.196. The number of anilines is 1. The van der Waals surface area contributed by atoms with Crippen LogP contribution in [-0.2, 0) is 29.3 Å². The van der Waals surface area contributed by atoms with Crippen LogP contribution in [0.15, 0.2) is 42.6 Å². The Kier molecular flexibility index (Phi) is 11.1. The quantitative estimate of drug-likeness (QED) is 0.391. The standard InChI is InChI=1S/C25H35F3N4O3/c1-4-6-15-31(18-22-9-7-14-30(22)3)23(33)19-32(16-8-17-35-5-2)24(34)29-21-12-10-20(11-13-21)25(26,27)28/h7,9-14H,4-6,8,15-19H2,1-3H3,(H,29,34). The van der Waals surface area contributed by atoms with Gasteiger partial charge in [-0.05, 0) is 56.2 Å². The molecule has 0 aliphatic rings. The second-order valence-corrected chi connectivity index (χ2v) is 8.26. The highest BCUT2D eigenvalue weighted by Gasteiger charge is 2.30. The van der Waals surface area contributed by atoms with E-state index in [0.717, 1.165) is 30.7 Å². The van der Waals surface area contributed by atoms with Crippen molar-refractivity contribution < 1.29 is 27.5 Å². The molecule has 0 saturated heterocycles. The molecule has 0 aliphatic carbocycles. The third-order valence-electron chi connectivity index (χ3n) is 5.54. The van der Waals surface area contributed by atoms with E-state index in [9.17, 15) is 22.8 Å². The molecule has 1 N–H and O–H groups in total. The molecule has 2 rings (SSSR count). The molecule has 0 atom stereocenters. The van der Waals surface area contributed by atoms with E-state index in [4.69, 9.17) is 4.74 Å². The molecule has 0 bridgehead atoms. The van der Waals surface area contributed by atoms with Crippen LogP contribution in [0.5, 0.6) is 0 Å². The highest BCUT2D eigenvalue weighted by molar-refractivity contribution is 5.92. The van der Waals surface area contributed by atoms with Gasteiger partial charge in [-0.15, -0.1) is 0 Å². The van der Waals surface area contributed by atoms with Crippen LogP contribution in [0.1, 0.15) is 44.4 Å². The average Bonchev–Trinajstić information content (AvgIpc) is 3.22. The largest absolute Gasteiger partial charge is 0.416 e. The SMILES string of the molecule is CCCCN(Cc1cccn1C)C(=O)CN(CCCOCC)C(=O)Nc1ccc(C(F)(F)F)cc1. The molecule has 0 aliphatic heterocycles. The first-order valence-corrected chi connectivity index (χ1v) is 11.8. The van der Waals surface area contributed by atoms with Gasteiger partial charge >= 0.3 is 12.2 Å². The molecule has 3 amide bonds. The number of aryl methyl sites for hydroxylation is 1. The molecule has 1 heterocycles. The van der Waals surface area contributed by atoms with Crippen molar-refractivity contribution in [2.75, 3.05) is 38.2 Å². The summed E-state index contributed by atoms with van der Waals surface area (Å²) in [6, 6.07) is 7.52. The maximum absolute atomic E-state index is 13.2. The fraction of sp³-hybridized carbons (Fsp3) is 0.520. The lowest BCUT2D eigenvalue weighted by molar-refractivity contribution is -0.137. The summed E-state index contributed by atoms with van der Waals surface area (Å²) in [7, 11) is 1.91. The molecule has 1 aromatic heterocycles. The summed E-state index contributed by atoms with van der Waals surface area (Å²) in [6.45, 7) is 5.99. The first-order chi connectivity index (χ1) is 16.7. The van der Waals surface area contributed by atoms with E-state index in [0.29, 0.717) is 32.7 Å². The Morgan fingerprint density at radius 2 is 1.71 bits per heavy atom. The van der Waals surface area contributed by atoms with Crippen LogP contribution in [0.2, 0.25) is 0 Å². The van der Waals surface area contributed by atoms with Gasteiger partial charge in [0.25, 0.3) is 0 Å². The zero-order valence-electron chi connectivity index (χ0n) is 20.6. The first-order valence-electron chi connectivity index (χ1n) is 11.8. The predicted molar refractivity (Wildman–Crippen MR) is 129 cm³/mol. The number of nitrogens with zero attached hydrogens (tertiary/aromatic N) is 3. The Morgan fingerprint density at radius 1 is 1.03 bits per heavy atom. The highest BCUT2D eigenvalue weighted by atomic mass is 19.4. The smallest absolute Gasteiger partial charge is 0.382 e. The predicted octanol–water partition coefficient (Wildman–Crippen LogP) is 5.13. The second-order valence-electron chi connectivity index (χ2n) is 8.26. The molecule has 35 heavy (non-hydrogen) atoms. The third-order valence-corrected chi connectivity index (χ3v) is 5.54. The molecule has 2 aromatic rings. The van der Waals surface area contributed by atoms with Gasteiger partial charge in [0, 0.05) is 50.9 Å². The number of nitrogens with one attached hydrogen (secondary N) is 1. The van der Waals surface area contributed by atoms with E-state index in [2.05, 4.69) is 5.32 Å². The van der Waals surface area contributed by atoms with Crippen molar-refractivity contribution in [3.63, 3.8) is 0 Å². The van der Waals surface area contributed by atoms with Gasteiger partial charge in [0.1, 0.15) is 6.54 Å². The Hall–Kier alpha value is -3.01. The van der Waals surface area contributed by atoms with Gasteiger partial charge in [-0.2, -0.15) is 13.2 Å². The normalized spacial score (nSPS) is 11.4. The number of carbonyl (C=O) groups is 2. The summed E-state index contributed by atoms with van der Waals surface area (Å²) < 4.78 is 45.8. The van der Waals surface area contributed by atoms with Gasteiger partial charge in [0.15, 0.2) is 0 Å². The maximum Gasteiger partial charge on any atom is 0.416 e. The van der Waals surface area contributed by atoms with Gasteiger partial charge in [-0.1, -0.05) is 13.3 Å². The van der Waals surface area contributed by atoms with Crippen molar-refractivity contribution >= 4 is 17.6 Å². The van der Waals surface area contributed by atoms with Crippen molar-refractivity contribution in [2.24, 2.45) is 7.05 Å². The van der Waals surface area contributed by atoms with E-state index >= 15 is 0 Å². The van der Waals surface area contributed by atoms with Crippen LogP contribution in [0.4, 0.5) is 23.7 Å². The molecule has 0 saturated carbocycles. The number of urea groups is 1. The minimum Gasteiger partial charge on any atom is -0.382 e. The molecule has 0 radical (unpaired) electrons. The second kappa shape index (κ2) is 13.8. The fourth-order valence-corrected chi connectivity index (χ4v) is 3.46. The van der Waals surface area contributed by atoms with Crippen LogP contribution in [0.25, 0.3) is 0 Å². The van der Waals surface area contributed by atoms with Gasteiger partial charge in [-0.3, -0.25) is 4.79 Å². The van der Waals surface area contributed by atoms with E-state index in [1.165, 1.54) is 17.0 Å². The number of rotatable bonds is 13. The lowest BCUT2D eigenvalue weighted by Gasteiger charge is -2.28. The van der Waals surface area contributed by atoms with Crippen molar-refractivity contribution in [2.45, 2.75) is 45.8 Å². The van der Waals surface area contributed by atoms with E-state index in [1.54, 1.807) is 4.90 Å². The average molecular weight is 497 g/mol. The highest BCUT2D eigenvalue weighted by Crippen LogP contribution is 2.29. The van der Waals surface area contributed by atoms with Gasteiger partial charge in [-0.25, -0.2) is 4.79 Å². The van der Waals surface area contributed by atoms with Crippen LogP contribution >= 0.6 is 0 Å². The molecule has 10 heteroatoms. The maximum atomic E-state index is 13.2. The Balaban J connectivity index is 2.12. The molecule has 0 fully saturated rings. The number of halogens is 3. The number of hydrogen-bond acceptors (Lipinski definition) is 3. The number of aromatic nitrogens is 1. The zero-order chi connectivity index (χ0) is 25.8. The molecule has 194 valence electrons. The molecule has 7 nitrogen and oxygen atoms in total. The molecular weight excluding hydrogens is 461 g/mol. The van der Waals surface area contributed by atoms with Crippen LogP contribution in [0.3, 0.4) is 0 Å². The van der Waals surface area contributed by atoms with Crippen LogP contribution < -0.4 is 5.32 Å². The summed E-state index contributed by atoms with van der Waals surface area (Å²) in [5.41, 5.74) is 0.398. The molecule has 1 aromatic carbocycles. The van der Waals surface area contributed by atoms with Crippen LogP contribution in [-0.4, -0.2) is 59.2 Å². The van der Waals surface area contributed by atoms with Crippen LogP contribution in [0, 0.1) is 0 Å². The zero-order valence-corrected chi connectivity index (χ0v) is 20.6. The number of unbranched alkanes of at least 4 members (excludes halogenated alkanes) is 1. The van der Waals surface area contributed by atoms with Gasteiger partial charge in [0.2, 0.25) is 5.91 Å². The topological polar surface area (TPSA) is 66.8 Å². The minimum absolute atomic E-state index is 0.146. The summed E-state index contributed by atoms with van der Waals surface area (Å²) in [5, 5.41) is 2.61. The minimum atomic E-state index is -4.46. The number of amides is 3. The third kappa shape index (κ3) is 9.28. The Labute approximate surface area is 204 Å². The summed E-state index contributed by atoms with van der Waals surface area (Å²) >= 11 is 0. The number of ether oxygens (including phenoxy) is 1. The lowest BCUT2D eigenvalue weighted by Crippen LogP contribution is -2.45.